The Balaban J connectivity index is 1.83. The van der Waals surface area contributed by atoms with Gasteiger partial charge in [0.25, 0.3) is 0 Å². The summed E-state index contributed by atoms with van der Waals surface area (Å²) in [6.45, 7) is 8.23. The maximum Gasteiger partial charge on any atom is 0.514 e. The number of hydrogen-bond donors (Lipinski definition) is 0. The molecule has 2 aliphatic rings. The fourth-order valence-electron chi connectivity index (χ4n) is 2.41. The number of rotatable bonds is 2. The van der Waals surface area contributed by atoms with Gasteiger partial charge in [-0.2, -0.15) is 0 Å². The van der Waals surface area contributed by atoms with Crippen LogP contribution in [0.2, 0.25) is 0 Å². The molecule has 0 aromatic carbocycles. The van der Waals surface area contributed by atoms with Gasteiger partial charge in [-0.1, -0.05) is 6.42 Å². The van der Waals surface area contributed by atoms with Crippen molar-refractivity contribution in [2.24, 2.45) is 0 Å². The Bertz CT molecular complexity index is 470. The lowest BCUT2D eigenvalue weighted by Gasteiger charge is -2.32. The van der Waals surface area contributed by atoms with E-state index in [1.54, 1.807) is 6.33 Å². The summed E-state index contributed by atoms with van der Waals surface area (Å²) < 4.78 is 12.0. The van der Waals surface area contributed by atoms with Crippen LogP contribution in [-0.2, 0) is 9.31 Å². The van der Waals surface area contributed by atoms with E-state index in [9.17, 15) is 0 Å². The molecule has 102 valence electrons. The fraction of sp³-hybridized carbons (Fsp3) is 0.714. The maximum absolute atomic E-state index is 6.02. The van der Waals surface area contributed by atoms with Crippen molar-refractivity contribution in [1.82, 2.24) is 9.97 Å². The maximum atomic E-state index is 6.02. The van der Waals surface area contributed by atoms with Crippen molar-refractivity contribution >= 4 is 12.7 Å². The highest BCUT2D eigenvalue weighted by atomic mass is 16.7. The highest BCUT2D eigenvalue weighted by molar-refractivity contribution is 6.61. The Kier molecular flexibility index (Phi) is 2.95. The minimum atomic E-state index is -0.383. The Morgan fingerprint density at radius 3 is 2.26 bits per heavy atom. The van der Waals surface area contributed by atoms with Gasteiger partial charge in [-0.05, 0) is 46.6 Å². The monoisotopic (exact) mass is 260 g/mol. The van der Waals surface area contributed by atoms with Crippen LogP contribution in [-0.4, -0.2) is 28.3 Å². The van der Waals surface area contributed by atoms with E-state index in [-0.39, 0.29) is 18.3 Å². The van der Waals surface area contributed by atoms with Crippen molar-refractivity contribution in [2.75, 3.05) is 0 Å². The summed E-state index contributed by atoms with van der Waals surface area (Å²) >= 11 is 0. The Labute approximate surface area is 115 Å². The molecule has 4 nitrogen and oxygen atoms in total. The summed E-state index contributed by atoms with van der Waals surface area (Å²) in [6, 6.07) is 2.05. The Morgan fingerprint density at radius 2 is 1.74 bits per heavy atom. The molecule has 2 fully saturated rings. The Morgan fingerprint density at radius 1 is 1.11 bits per heavy atom. The molecule has 19 heavy (non-hydrogen) atoms. The molecule has 3 rings (SSSR count). The molecule has 1 aliphatic carbocycles. The average Bonchev–Trinajstić information content (AvgIpc) is 2.46. The zero-order valence-electron chi connectivity index (χ0n) is 12.1. The van der Waals surface area contributed by atoms with E-state index in [1.807, 2.05) is 6.07 Å². The van der Waals surface area contributed by atoms with Crippen LogP contribution in [0.1, 0.15) is 58.6 Å². The fourth-order valence-corrected chi connectivity index (χ4v) is 2.41. The first-order chi connectivity index (χ1) is 8.89. The average molecular weight is 260 g/mol. The van der Waals surface area contributed by atoms with Crippen molar-refractivity contribution in [1.29, 1.82) is 0 Å². The van der Waals surface area contributed by atoms with Crippen molar-refractivity contribution in [3.63, 3.8) is 0 Å². The van der Waals surface area contributed by atoms with Crippen LogP contribution in [0.3, 0.4) is 0 Å². The quantitative estimate of drug-likeness (QED) is 0.763. The van der Waals surface area contributed by atoms with Gasteiger partial charge in [-0.15, -0.1) is 0 Å². The Hall–Kier alpha value is -0.935. The zero-order valence-corrected chi connectivity index (χ0v) is 12.1. The molecule has 0 spiro atoms. The molecular formula is C14H21BN2O2. The summed E-state index contributed by atoms with van der Waals surface area (Å²) in [6.07, 6.45) is 5.41. The molecule has 0 atom stereocenters. The van der Waals surface area contributed by atoms with Crippen LogP contribution in [0, 0.1) is 0 Å². The third-order valence-corrected chi connectivity index (χ3v) is 4.73. The number of nitrogens with zero attached hydrogens (tertiary/aromatic N) is 2. The van der Waals surface area contributed by atoms with E-state index in [2.05, 4.69) is 37.7 Å². The first kappa shape index (κ1) is 13.1. The lowest BCUT2D eigenvalue weighted by Crippen LogP contribution is -2.41. The van der Waals surface area contributed by atoms with Crippen LogP contribution in [0.5, 0.6) is 0 Å². The third kappa shape index (κ3) is 2.19. The third-order valence-electron chi connectivity index (χ3n) is 4.73. The largest absolute Gasteiger partial charge is 0.514 e. The second-order valence-electron chi connectivity index (χ2n) is 6.58. The molecule has 1 aliphatic heterocycles. The predicted octanol–water partition coefficient (Wildman–Crippen LogP) is 2.04. The van der Waals surface area contributed by atoms with Gasteiger partial charge < -0.3 is 9.31 Å². The van der Waals surface area contributed by atoms with Crippen molar-refractivity contribution < 1.29 is 9.31 Å². The SMILES string of the molecule is CC1(C)OB(c2cc(C3CCC3)ncn2)OC1(C)C. The molecule has 0 N–H and O–H groups in total. The van der Waals surface area contributed by atoms with Gasteiger partial charge in [0.1, 0.15) is 6.33 Å². The predicted molar refractivity (Wildman–Crippen MR) is 74.3 cm³/mol. The van der Waals surface area contributed by atoms with Gasteiger partial charge in [-0.25, -0.2) is 9.97 Å². The molecule has 0 unspecified atom stereocenters. The molecule has 0 amide bonds. The van der Waals surface area contributed by atoms with Gasteiger partial charge >= 0.3 is 7.12 Å². The minimum absolute atomic E-state index is 0.320. The van der Waals surface area contributed by atoms with Crippen LogP contribution in [0.25, 0.3) is 0 Å². The molecule has 0 bridgehead atoms. The van der Waals surface area contributed by atoms with E-state index in [0.717, 1.165) is 11.3 Å². The first-order valence-corrected chi connectivity index (χ1v) is 7.06. The molecule has 0 radical (unpaired) electrons. The van der Waals surface area contributed by atoms with Crippen molar-refractivity contribution in [3.05, 3.63) is 18.1 Å². The summed E-state index contributed by atoms with van der Waals surface area (Å²) in [5.74, 6) is 0.601. The lowest BCUT2D eigenvalue weighted by molar-refractivity contribution is 0.00578. The number of aromatic nitrogens is 2. The summed E-state index contributed by atoms with van der Waals surface area (Å²) in [5, 5.41) is 0. The van der Waals surface area contributed by atoms with E-state index >= 15 is 0 Å². The van der Waals surface area contributed by atoms with E-state index in [4.69, 9.17) is 9.31 Å². The highest BCUT2D eigenvalue weighted by Crippen LogP contribution is 2.37. The molecule has 1 aromatic rings. The van der Waals surface area contributed by atoms with Gasteiger partial charge in [0, 0.05) is 11.6 Å². The zero-order chi connectivity index (χ0) is 13.7. The van der Waals surface area contributed by atoms with Gasteiger partial charge in [0.2, 0.25) is 0 Å². The minimum Gasteiger partial charge on any atom is -0.398 e. The molecule has 1 aromatic heterocycles. The van der Waals surface area contributed by atoms with Crippen LogP contribution >= 0.6 is 0 Å². The number of hydrogen-bond acceptors (Lipinski definition) is 4. The van der Waals surface area contributed by atoms with Crippen molar-refractivity contribution in [2.45, 2.75) is 64.1 Å². The molecule has 1 saturated heterocycles. The van der Waals surface area contributed by atoms with E-state index < -0.39 is 0 Å². The van der Waals surface area contributed by atoms with Crippen LogP contribution in [0.15, 0.2) is 12.4 Å². The highest BCUT2D eigenvalue weighted by Gasteiger charge is 2.52. The normalized spacial score (nSPS) is 25.4. The molecule has 1 saturated carbocycles. The standard InChI is InChI=1S/C14H21BN2O2/c1-13(2)14(3,4)19-15(18-13)12-8-11(16-9-17-12)10-6-5-7-10/h8-10H,5-7H2,1-4H3. The smallest absolute Gasteiger partial charge is 0.398 e. The van der Waals surface area contributed by atoms with E-state index in [1.165, 1.54) is 19.3 Å². The van der Waals surface area contributed by atoms with Gasteiger partial charge in [0.15, 0.2) is 0 Å². The molecule has 5 heteroatoms. The topological polar surface area (TPSA) is 44.2 Å². The summed E-state index contributed by atoms with van der Waals surface area (Å²) in [4.78, 5) is 8.72. The van der Waals surface area contributed by atoms with E-state index in [0.29, 0.717) is 5.92 Å². The second kappa shape index (κ2) is 4.28. The summed E-state index contributed by atoms with van der Waals surface area (Å²) in [5.41, 5.74) is 1.33. The molecular weight excluding hydrogens is 239 g/mol. The molecule has 2 heterocycles. The van der Waals surface area contributed by atoms with Crippen molar-refractivity contribution in [3.8, 4) is 0 Å². The lowest BCUT2D eigenvalue weighted by atomic mass is 9.79. The van der Waals surface area contributed by atoms with Gasteiger partial charge in [0.05, 0.1) is 16.8 Å². The van der Waals surface area contributed by atoms with Crippen LogP contribution < -0.4 is 5.59 Å². The van der Waals surface area contributed by atoms with Gasteiger partial charge in [-0.3, -0.25) is 0 Å². The summed E-state index contributed by atoms with van der Waals surface area (Å²) in [7, 11) is -0.383. The second-order valence-corrected chi connectivity index (χ2v) is 6.58. The van der Waals surface area contributed by atoms with Crippen LogP contribution in [0.4, 0.5) is 0 Å². The first-order valence-electron chi connectivity index (χ1n) is 7.06.